The summed E-state index contributed by atoms with van der Waals surface area (Å²) in [6, 6.07) is 4.70. The van der Waals surface area contributed by atoms with Gasteiger partial charge in [0.15, 0.2) is 17.3 Å². The normalized spacial score (nSPS) is 10.5. The van der Waals surface area contributed by atoms with E-state index in [0.29, 0.717) is 6.42 Å². The number of ether oxygens (including phenoxy) is 1. The molecule has 0 unspecified atom stereocenters. The molecule has 0 N–H and O–H groups in total. The molecular formula is C16H23FO2. The second-order valence-electron chi connectivity index (χ2n) is 4.76. The quantitative estimate of drug-likeness (QED) is 0.475. The van der Waals surface area contributed by atoms with Gasteiger partial charge in [0.1, 0.15) is 0 Å². The minimum Gasteiger partial charge on any atom is -0.494 e. The van der Waals surface area contributed by atoms with Crippen LogP contribution >= 0.6 is 0 Å². The summed E-state index contributed by atoms with van der Waals surface area (Å²) in [5.74, 6) is -0.540. The van der Waals surface area contributed by atoms with Crippen molar-refractivity contribution < 1.29 is 13.9 Å². The van der Waals surface area contributed by atoms with E-state index in [1.165, 1.54) is 38.5 Å². The Labute approximate surface area is 115 Å². The van der Waals surface area contributed by atoms with Gasteiger partial charge in [-0.2, -0.15) is 0 Å². The summed E-state index contributed by atoms with van der Waals surface area (Å²) in [7, 11) is 1.40. The molecule has 1 rings (SSSR count). The number of hydrogen-bond donors (Lipinski definition) is 0. The number of benzene rings is 1. The number of carbonyl (C=O) groups is 1. The van der Waals surface area contributed by atoms with Crippen molar-refractivity contribution in [1.29, 1.82) is 0 Å². The first-order valence-corrected chi connectivity index (χ1v) is 7.06. The molecule has 0 aliphatic rings. The molecule has 0 aromatic heterocycles. The number of Topliss-reactive ketones (excluding diaryl/α,β-unsaturated/α-hetero) is 1. The second kappa shape index (κ2) is 8.68. The van der Waals surface area contributed by atoms with Gasteiger partial charge in [-0.3, -0.25) is 4.79 Å². The van der Waals surface area contributed by atoms with Gasteiger partial charge in [0.25, 0.3) is 0 Å². The Bertz CT molecular complexity index is 402. The molecule has 0 atom stereocenters. The number of halogens is 1. The van der Waals surface area contributed by atoms with Gasteiger partial charge in [0.05, 0.1) is 12.7 Å². The van der Waals surface area contributed by atoms with Crippen molar-refractivity contribution in [2.24, 2.45) is 0 Å². The van der Waals surface area contributed by atoms with Crippen molar-refractivity contribution in [3.05, 3.63) is 29.6 Å². The van der Waals surface area contributed by atoms with Crippen LogP contribution in [0.25, 0.3) is 0 Å². The number of unbranched alkanes of at least 4 members (excludes halogenated alkanes) is 5. The molecule has 0 aliphatic carbocycles. The molecule has 1 aromatic rings. The molecule has 0 spiro atoms. The van der Waals surface area contributed by atoms with E-state index in [4.69, 9.17) is 4.74 Å². The lowest BCUT2D eigenvalue weighted by molar-refractivity contribution is 0.0974. The van der Waals surface area contributed by atoms with Crippen LogP contribution in [-0.4, -0.2) is 12.9 Å². The van der Waals surface area contributed by atoms with Crippen LogP contribution in [0.2, 0.25) is 0 Å². The highest BCUT2D eigenvalue weighted by Crippen LogP contribution is 2.21. The van der Waals surface area contributed by atoms with Crippen molar-refractivity contribution >= 4 is 5.78 Å². The number of rotatable bonds is 9. The fourth-order valence-corrected chi connectivity index (χ4v) is 2.08. The lowest BCUT2D eigenvalue weighted by Gasteiger charge is -2.06. The largest absolute Gasteiger partial charge is 0.494 e. The third-order valence-electron chi connectivity index (χ3n) is 3.24. The summed E-state index contributed by atoms with van der Waals surface area (Å²) in [6.07, 6.45) is 7.12. The molecular weight excluding hydrogens is 243 g/mol. The van der Waals surface area contributed by atoms with Crippen LogP contribution in [0, 0.1) is 5.82 Å². The summed E-state index contributed by atoms with van der Waals surface area (Å²) in [5, 5.41) is 0. The van der Waals surface area contributed by atoms with E-state index in [1.54, 1.807) is 6.07 Å². The van der Waals surface area contributed by atoms with Crippen molar-refractivity contribution in [1.82, 2.24) is 0 Å². The second-order valence-corrected chi connectivity index (χ2v) is 4.76. The first-order chi connectivity index (χ1) is 9.20. The molecule has 0 aliphatic heterocycles. The molecule has 0 heterocycles. The Morgan fingerprint density at radius 1 is 1.16 bits per heavy atom. The maximum atomic E-state index is 13.9. The van der Waals surface area contributed by atoms with Gasteiger partial charge in [-0.1, -0.05) is 45.1 Å². The van der Waals surface area contributed by atoms with Gasteiger partial charge in [-0.25, -0.2) is 4.39 Å². The van der Waals surface area contributed by atoms with E-state index < -0.39 is 5.82 Å². The highest BCUT2D eigenvalue weighted by Gasteiger charge is 2.14. The van der Waals surface area contributed by atoms with Gasteiger partial charge in [-0.15, -0.1) is 0 Å². The Balaban J connectivity index is 2.41. The Kier molecular flexibility index (Phi) is 7.16. The zero-order valence-electron chi connectivity index (χ0n) is 11.9. The summed E-state index contributed by atoms with van der Waals surface area (Å²) < 4.78 is 18.7. The van der Waals surface area contributed by atoms with E-state index in [0.717, 1.165) is 19.3 Å². The summed E-state index contributed by atoms with van der Waals surface area (Å²) in [5.41, 5.74) is 0.146. The molecule has 19 heavy (non-hydrogen) atoms. The number of ketones is 1. The van der Waals surface area contributed by atoms with Crippen molar-refractivity contribution in [3.8, 4) is 5.75 Å². The monoisotopic (exact) mass is 266 g/mol. The van der Waals surface area contributed by atoms with Crippen LogP contribution < -0.4 is 4.74 Å². The van der Waals surface area contributed by atoms with Crippen LogP contribution in [0.1, 0.15) is 62.2 Å². The van der Waals surface area contributed by atoms with Crippen LogP contribution in [0.3, 0.4) is 0 Å². The predicted octanol–water partition coefficient (Wildman–Crippen LogP) is 4.77. The molecule has 2 nitrogen and oxygen atoms in total. The Morgan fingerprint density at radius 2 is 1.84 bits per heavy atom. The van der Waals surface area contributed by atoms with Gasteiger partial charge >= 0.3 is 0 Å². The molecule has 106 valence electrons. The average Bonchev–Trinajstić information content (AvgIpc) is 2.42. The minimum atomic E-state index is -0.541. The zero-order chi connectivity index (χ0) is 14.1. The van der Waals surface area contributed by atoms with E-state index >= 15 is 0 Å². The van der Waals surface area contributed by atoms with E-state index in [1.807, 2.05) is 0 Å². The average molecular weight is 266 g/mol. The topological polar surface area (TPSA) is 26.3 Å². The lowest BCUT2D eigenvalue weighted by atomic mass is 10.0. The SMILES string of the molecule is CCCCCCCCC(=O)c1cccc(OC)c1F. The molecule has 3 heteroatoms. The summed E-state index contributed by atoms with van der Waals surface area (Å²) in [4.78, 5) is 11.9. The van der Waals surface area contributed by atoms with Crippen LogP contribution in [0.5, 0.6) is 5.75 Å². The number of carbonyl (C=O) groups excluding carboxylic acids is 1. The predicted molar refractivity (Wildman–Crippen MR) is 75.3 cm³/mol. The fourth-order valence-electron chi connectivity index (χ4n) is 2.08. The van der Waals surface area contributed by atoms with Crippen molar-refractivity contribution in [2.45, 2.75) is 51.9 Å². The van der Waals surface area contributed by atoms with Crippen molar-refractivity contribution in [3.63, 3.8) is 0 Å². The molecule has 0 fully saturated rings. The summed E-state index contributed by atoms with van der Waals surface area (Å²) >= 11 is 0. The smallest absolute Gasteiger partial charge is 0.175 e. The van der Waals surface area contributed by atoms with Crippen molar-refractivity contribution in [2.75, 3.05) is 7.11 Å². The molecule has 0 bridgehead atoms. The molecule has 0 amide bonds. The van der Waals surface area contributed by atoms with Gasteiger partial charge < -0.3 is 4.74 Å². The highest BCUT2D eigenvalue weighted by molar-refractivity contribution is 5.96. The van der Waals surface area contributed by atoms with E-state index in [2.05, 4.69) is 6.92 Å². The Morgan fingerprint density at radius 3 is 2.53 bits per heavy atom. The Hall–Kier alpha value is -1.38. The van der Waals surface area contributed by atoms with Gasteiger partial charge in [0.2, 0.25) is 0 Å². The van der Waals surface area contributed by atoms with E-state index in [9.17, 15) is 9.18 Å². The third-order valence-corrected chi connectivity index (χ3v) is 3.24. The molecule has 0 saturated carbocycles. The molecule has 0 saturated heterocycles. The maximum absolute atomic E-state index is 13.9. The summed E-state index contributed by atoms with van der Waals surface area (Å²) in [6.45, 7) is 2.18. The van der Waals surface area contributed by atoms with Crippen LogP contribution in [0.15, 0.2) is 18.2 Å². The van der Waals surface area contributed by atoms with Gasteiger partial charge in [-0.05, 0) is 18.6 Å². The first-order valence-electron chi connectivity index (χ1n) is 7.06. The third kappa shape index (κ3) is 5.01. The minimum absolute atomic E-state index is 0.133. The van der Waals surface area contributed by atoms with Gasteiger partial charge in [0, 0.05) is 6.42 Å². The standard InChI is InChI=1S/C16H23FO2/c1-3-4-5-6-7-8-11-14(18)13-10-9-12-15(19-2)16(13)17/h9-10,12H,3-8,11H2,1-2H3. The first kappa shape index (κ1) is 15.7. The lowest BCUT2D eigenvalue weighted by Crippen LogP contribution is -2.03. The highest BCUT2D eigenvalue weighted by atomic mass is 19.1. The van der Waals surface area contributed by atoms with Crippen LogP contribution in [-0.2, 0) is 0 Å². The van der Waals surface area contributed by atoms with E-state index in [-0.39, 0.29) is 17.1 Å². The maximum Gasteiger partial charge on any atom is 0.175 e. The molecule has 0 radical (unpaired) electrons. The van der Waals surface area contributed by atoms with Crippen LogP contribution in [0.4, 0.5) is 4.39 Å². The zero-order valence-corrected chi connectivity index (χ0v) is 11.9. The molecule has 1 aromatic carbocycles. The fraction of sp³-hybridized carbons (Fsp3) is 0.562. The number of methoxy groups -OCH3 is 1. The number of hydrogen-bond acceptors (Lipinski definition) is 2.